The van der Waals surface area contributed by atoms with Crippen molar-refractivity contribution in [2.75, 3.05) is 25.7 Å². The van der Waals surface area contributed by atoms with E-state index in [2.05, 4.69) is 27.8 Å². The van der Waals surface area contributed by atoms with Gasteiger partial charge in [0.25, 0.3) is 0 Å². The summed E-state index contributed by atoms with van der Waals surface area (Å²) >= 11 is 3.25. The van der Waals surface area contributed by atoms with E-state index in [4.69, 9.17) is 9.47 Å². The zero-order chi connectivity index (χ0) is 10.9. The molecule has 0 unspecified atom stereocenters. The lowest BCUT2D eigenvalue weighted by molar-refractivity contribution is 0.146. The van der Waals surface area contributed by atoms with Crippen LogP contribution in [0.5, 0.6) is 5.75 Å². The van der Waals surface area contributed by atoms with Crippen LogP contribution in [0.2, 0.25) is 0 Å². The van der Waals surface area contributed by atoms with E-state index < -0.39 is 0 Å². The molecule has 1 rings (SSSR count). The zero-order valence-corrected chi connectivity index (χ0v) is 10.2. The SMILES string of the molecule is COCCOc1ccc(C#CCBr)cc1. The molecule has 0 aliphatic rings. The highest BCUT2D eigenvalue weighted by Gasteiger charge is 1.92. The Morgan fingerprint density at radius 2 is 1.93 bits per heavy atom. The second-order valence-corrected chi connectivity index (χ2v) is 3.36. The third-order valence-electron chi connectivity index (χ3n) is 1.71. The predicted octanol–water partition coefficient (Wildman–Crippen LogP) is 2.46. The largest absolute Gasteiger partial charge is 0.491 e. The number of alkyl halides is 1. The highest BCUT2D eigenvalue weighted by atomic mass is 79.9. The van der Waals surface area contributed by atoms with E-state index in [1.165, 1.54) is 0 Å². The first kappa shape index (κ1) is 12.1. The van der Waals surface area contributed by atoms with Crippen molar-refractivity contribution in [2.45, 2.75) is 0 Å². The Bertz CT molecular complexity index is 335. The Balaban J connectivity index is 2.49. The van der Waals surface area contributed by atoms with Crippen molar-refractivity contribution in [3.05, 3.63) is 29.8 Å². The summed E-state index contributed by atoms with van der Waals surface area (Å²) in [4.78, 5) is 0. The lowest BCUT2D eigenvalue weighted by Gasteiger charge is -2.04. The Labute approximate surface area is 98.7 Å². The number of hydrogen-bond acceptors (Lipinski definition) is 2. The first-order valence-corrected chi connectivity index (χ1v) is 5.75. The van der Waals surface area contributed by atoms with Crippen LogP contribution in [-0.2, 0) is 4.74 Å². The van der Waals surface area contributed by atoms with E-state index in [1.807, 2.05) is 24.3 Å². The van der Waals surface area contributed by atoms with Crippen molar-refractivity contribution in [2.24, 2.45) is 0 Å². The van der Waals surface area contributed by atoms with E-state index in [-0.39, 0.29) is 0 Å². The minimum Gasteiger partial charge on any atom is -0.491 e. The van der Waals surface area contributed by atoms with Gasteiger partial charge in [-0.3, -0.25) is 0 Å². The fraction of sp³-hybridized carbons (Fsp3) is 0.333. The second-order valence-electron chi connectivity index (χ2n) is 2.80. The van der Waals surface area contributed by atoms with E-state index in [0.717, 1.165) is 11.3 Å². The average molecular weight is 269 g/mol. The van der Waals surface area contributed by atoms with Crippen molar-refractivity contribution in [1.29, 1.82) is 0 Å². The molecule has 0 atom stereocenters. The molecule has 1 aromatic rings. The van der Waals surface area contributed by atoms with E-state index in [0.29, 0.717) is 18.5 Å². The van der Waals surface area contributed by atoms with Crippen molar-refractivity contribution in [1.82, 2.24) is 0 Å². The van der Waals surface area contributed by atoms with Gasteiger partial charge < -0.3 is 9.47 Å². The predicted molar refractivity (Wildman–Crippen MR) is 64.5 cm³/mol. The van der Waals surface area contributed by atoms with E-state index in [1.54, 1.807) is 7.11 Å². The van der Waals surface area contributed by atoms with Crippen LogP contribution in [0, 0.1) is 11.8 Å². The molecule has 0 amide bonds. The monoisotopic (exact) mass is 268 g/mol. The van der Waals surface area contributed by atoms with Crippen molar-refractivity contribution >= 4 is 15.9 Å². The Morgan fingerprint density at radius 3 is 2.53 bits per heavy atom. The summed E-state index contributed by atoms with van der Waals surface area (Å²) in [5.41, 5.74) is 0.994. The number of ether oxygens (including phenoxy) is 2. The highest BCUT2D eigenvalue weighted by molar-refractivity contribution is 9.09. The second kappa shape index (κ2) is 7.33. The smallest absolute Gasteiger partial charge is 0.119 e. The molecule has 0 radical (unpaired) electrons. The molecule has 0 bridgehead atoms. The van der Waals surface area contributed by atoms with Gasteiger partial charge >= 0.3 is 0 Å². The van der Waals surface area contributed by atoms with Crippen LogP contribution in [0.15, 0.2) is 24.3 Å². The van der Waals surface area contributed by atoms with Gasteiger partial charge in [0.1, 0.15) is 12.4 Å². The fourth-order valence-corrected chi connectivity index (χ4v) is 1.15. The van der Waals surface area contributed by atoms with Crippen LogP contribution in [0.4, 0.5) is 0 Å². The molecular formula is C12H13BrO2. The molecule has 0 spiro atoms. The quantitative estimate of drug-likeness (QED) is 0.475. The summed E-state index contributed by atoms with van der Waals surface area (Å²) < 4.78 is 10.3. The lowest BCUT2D eigenvalue weighted by atomic mass is 10.2. The first-order chi connectivity index (χ1) is 7.36. The highest BCUT2D eigenvalue weighted by Crippen LogP contribution is 2.11. The lowest BCUT2D eigenvalue weighted by Crippen LogP contribution is -2.03. The van der Waals surface area contributed by atoms with Gasteiger partial charge in [0.15, 0.2) is 0 Å². The fourth-order valence-electron chi connectivity index (χ4n) is 1.01. The Hall–Kier alpha value is -0.980. The van der Waals surface area contributed by atoms with Gasteiger partial charge in [0.2, 0.25) is 0 Å². The van der Waals surface area contributed by atoms with Gasteiger partial charge in [-0.25, -0.2) is 0 Å². The molecule has 80 valence electrons. The van der Waals surface area contributed by atoms with Gasteiger partial charge in [-0.05, 0) is 24.3 Å². The van der Waals surface area contributed by atoms with Crippen LogP contribution in [-0.4, -0.2) is 25.7 Å². The third-order valence-corrected chi connectivity index (χ3v) is 1.99. The summed E-state index contributed by atoms with van der Waals surface area (Å²) in [5.74, 6) is 6.80. The molecule has 0 aromatic heterocycles. The summed E-state index contributed by atoms with van der Waals surface area (Å²) in [6, 6.07) is 7.71. The van der Waals surface area contributed by atoms with Gasteiger partial charge in [-0.1, -0.05) is 27.8 Å². The van der Waals surface area contributed by atoms with Crippen molar-refractivity contribution in [3.63, 3.8) is 0 Å². The molecule has 0 saturated heterocycles. The number of rotatable bonds is 4. The standard InChI is InChI=1S/C12H13BrO2/c1-14-9-10-15-12-6-4-11(5-7-12)3-2-8-13/h4-7H,8-10H2,1H3. The van der Waals surface area contributed by atoms with Crippen molar-refractivity contribution in [3.8, 4) is 17.6 Å². The van der Waals surface area contributed by atoms with Gasteiger partial charge in [0.05, 0.1) is 11.9 Å². The van der Waals surface area contributed by atoms with E-state index >= 15 is 0 Å². The average Bonchev–Trinajstić information content (AvgIpc) is 2.28. The van der Waals surface area contributed by atoms with Crippen LogP contribution in [0.1, 0.15) is 5.56 Å². The third kappa shape index (κ3) is 4.87. The summed E-state index contributed by atoms with van der Waals surface area (Å²) in [6.07, 6.45) is 0. The molecule has 15 heavy (non-hydrogen) atoms. The Kier molecular flexibility index (Phi) is 5.91. The normalized spacial score (nSPS) is 9.20. The van der Waals surface area contributed by atoms with Crippen molar-refractivity contribution < 1.29 is 9.47 Å². The van der Waals surface area contributed by atoms with Gasteiger partial charge in [-0.2, -0.15) is 0 Å². The van der Waals surface area contributed by atoms with E-state index in [9.17, 15) is 0 Å². The first-order valence-electron chi connectivity index (χ1n) is 4.63. The van der Waals surface area contributed by atoms with Gasteiger partial charge in [-0.15, -0.1) is 0 Å². The Morgan fingerprint density at radius 1 is 1.20 bits per heavy atom. The molecule has 0 aliphatic heterocycles. The summed E-state index contributed by atoms with van der Waals surface area (Å²) in [6.45, 7) is 1.17. The maximum atomic E-state index is 5.42. The molecule has 0 heterocycles. The molecular weight excluding hydrogens is 256 g/mol. The van der Waals surface area contributed by atoms with Crippen LogP contribution in [0.3, 0.4) is 0 Å². The minimum absolute atomic E-state index is 0.572. The van der Waals surface area contributed by atoms with Crippen LogP contribution < -0.4 is 4.74 Å². The molecule has 2 nitrogen and oxygen atoms in total. The number of benzene rings is 1. The van der Waals surface area contributed by atoms with Crippen LogP contribution in [0.25, 0.3) is 0 Å². The maximum Gasteiger partial charge on any atom is 0.119 e. The summed E-state index contributed by atoms with van der Waals surface area (Å²) in [7, 11) is 1.66. The summed E-state index contributed by atoms with van der Waals surface area (Å²) in [5, 5.41) is 0.694. The molecule has 0 saturated carbocycles. The minimum atomic E-state index is 0.572. The molecule has 3 heteroatoms. The zero-order valence-electron chi connectivity index (χ0n) is 8.63. The number of halogens is 1. The topological polar surface area (TPSA) is 18.5 Å². The van der Waals surface area contributed by atoms with Crippen LogP contribution >= 0.6 is 15.9 Å². The molecule has 0 aliphatic carbocycles. The number of methoxy groups -OCH3 is 1. The molecule has 0 N–H and O–H groups in total. The molecule has 1 aromatic carbocycles. The maximum absolute atomic E-state index is 5.42. The number of hydrogen-bond donors (Lipinski definition) is 0. The van der Waals surface area contributed by atoms with Gasteiger partial charge in [0, 0.05) is 12.7 Å². The molecule has 0 fully saturated rings.